The minimum Gasteiger partial charge on any atom is -0.480 e. The first kappa shape index (κ1) is 16.9. The predicted octanol–water partition coefficient (Wildman–Crippen LogP) is 1.10. The van der Waals surface area contributed by atoms with Crippen molar-refractivity contribution in [2.75, 3.05) is 5.75 Å². The van der Waals surface area contributed by atoms with Crippen molar-refractivity contribution < 1.29 is 23.1 Å². The van der Waals surface area contributed by atoms with Gasteiger partial charge in [-0.3, -0.25) is 4.79 Å². The number of amides is 1. The van der Waals surface area contributed by atoms with Gasteiger partial charge in [0.1, 0.15) is 6.04 Å². The molecule has 1 amide bonds. The zero-order valence-electron chi connectivity index (χ0n) is 11.8. The van der Waals surface area contributed by atoms with Gasteiger partial charge >= 0.3 is 5.97 Å². The van der Waals surface area contributed by atoms with Gasteiger partial charge in [0.25, 0.3) is 0 Å². The van der Waals surface area contributed by atoms with E-state index >= 15 is 0 Å². The van der Waals surface area contributed by atoms with Crippen LogP contribution in [0.5, 0.6) is 0 Å². The fourth-order valence-electron chi connectivity index (χ4n) is 2.46. The molecule has 0 saturated heterocycles. The highest BCUT2D eigenvalue weighted by Crippen LogP contribution is 2.25. The predicted molar refractivity (Wildman–Crippen MR) is 75.1 cm³/mol. The van der Waals surface area contributed by atoms with Gasteiger partial charge in [-0.05, 0) is 19.3 Å². The lowest BCUT2D eigenvalue weighted by Crippen LogP contribution is -2.41. The Morgan fingerprint density at radius 3 is 2.40 bits per heavy atom. The lowest BCUT2D eigenvalue weighted by atomic mass is 10.1. The van der Waals surface area contributed by atoms with Crippen molar-refractivity contribution in [3.05, 3.63) is 0 Å². The summed E-state index contributed by atoms with van der Waals surface area (Å²) >= 11 is 0. The summed E-state index contributed by atoms with van der Waals surface area (Å²) in [6, 6.07) is -0.929. The molecule has 0 radical (unpaired) electrons. The van der Waals surface area contributed by atoms with Crippen LogP contribution in [0.25, 0.3) is 0 Å². The minimum atomic E-state index is -3.23. The number of hydrogen-bond acceptors (Lipinski definition) is 4. The van der Waals surface area contributed by atoms with Crippen LogP contribution in [0.4, 0.5) is 0 Å². The molecule has 0 bridgehead atoms. The van der Waals surface area contributed by atoms with Crippen molar-refractivity contribution in [3.8, 4) is 0 Å². The molecule has 1 aliphatic rings. The second-order valence-corrected chi connectivity index (χ2v) is 7.67. The Kier molecular flexibility index (Phi) is 6.45. The first-order valence-electron chi connectivity index (χ1n) is 7.10. The Balaban J connectivity index is 2.44. The maximum Gasteiger partial charge on any atom is 0.326 e. The number of carboxylic acid groups (broad SMARTS) is 1. The quantitative estimate of drug-likeness (QED) is 0.699. The fraction of sp³-hybridized carbons (Fsp3) is 0.846. The minimum absolute atomic E-state index is 0.160. The van der Waals surface area contributed by atoms with E-state index in [1.54, 1.807) is 0 Å². The molecule has 0 spiro atoms. The fourth-order valence-corrected chi connectivity index (χ4v) is 4.32. The number of hydrogen-bond donors (Lipinski definition) is 2. The van der Waals surface area contributed by atoms with Gasteiger partial charge in [0, 0.05) is 6.42 Å². The molecule has 116 valence electrons. The molecule has 6 nitrogen and oxygen atoms in total. The van der Waals surface area contributed by atoms with Crippen LogP contribution in [0, 0.1) is 0 Å². The summed E-state index contributed by atoms with van der Waals surface area (Å²) in [6.45, 7) is 1.83. The zero-order valence-corrected chi connectivity index (χ0v) is 12.6. The maximum atomic E-state index is 12.0. The number of nitrogens with one attached hydrogen (secondary N) is 1. The number of aliphatic carboxylic acids is 1. The van der Waals surface area contributed by atoms with Gasteiger partial charge in [0.15, 0.2) is 9.84 Å². The molecule has 1 aliphatic carbocycles. The van der Waals surface area contributed by atoms with E-state index < -0.39 is 27.8 Å². The highest BCUT2D eigenvalue weighted by atomic mass is 32.2. The van der Waals surface area contributed by atoms with E-state index in [2.05, 4.69) is 5.32 Å². The van der Waals surface area contributed by atoms with Crippen molar-refractivity contribution in [2.45, 2.75) is 63.2 Å². The third-order valence-corrected chi connectivity index (χ3v) is 5.89. The number of rotatable bonds is 8. The van der Waals surface area contributed by atoms with Crippen LogP contribution < -0.4 is 5.32 Å². The van der Waals surface area contributed by atoms with E-state index in [0.717, 1.165) is 12.8 Å². The summed E-state index contributed by atoms with van der Waals surface area (Å²) in [6.07, 6.45) is 4.02. The first-order valence-corrected chi connectivity index (χ1v) is 8.82. The van der Waals surface area contributed by atoms with Crippen LogP contribution in [0.1, 0.15) is 51.9 Å². The second-order valence-electron chi connectivity index (χ2n) is 5.27. The van der Waals surface area contributed by atoms with Crippen molar-refractivity contribution in [1.82, 2.24) is 5.32 Å². The Labute approximate surface area is 119 Å². The lowest BCUT2D eigenvalue weighted by Gasteiger charge is -2.14. The lowest BCUT2D eigenvalue weighted by molar-refractivity contribution is -0.142. The highest BCUT2D eigenvalue weighted by Gasteiger charge is 2.29. The van der Waals surface area contributed by atoms with E-state index in [1.807, 2.05) is 6.92 Å². The molecule has 2 N–H and O–H groups in total. The Hall–Kier alpha value is -1.11. The first-order chi connectivity index (χ1) is 9.36. The molecule has 1 saturated carbocycles. The number of carbonyl (C=O) groups excluding carboxylic acids is 1. The van der Waals surface area contributed by atoms with Crippen LogP contribution in [0.2, 0.25) is 0 Å². The van der Waals surface area contributed by atoms with Crippen molar-refractivity contribution in [2.24, 2.45) is 0 Å². The van der Waals surface area contributed by atoms with E-state index in [0.29, 0.717) is 25.7 Å². The molecule has 0 heterocycles. The molecular weight excluding hydrogens is 282 g/mol. The summed E-state index contributed by atoms with van der Waals surface area (Å²) in [4.78, 5) is 22.6. The van der Waals surface area contributed by atoms with Gasteiger partial charge in [-0.2, -0.15) is 0 Å². The van der Waals surface area contributed by atoms with Crippen LogP contribution in [-0.4, -0.2) is 42.4 Å². The highest BCUT2D eigenvalue weighted by molar-refractivity contribution is 7.92. The molecule has 0 aromatic carbocycles. The van der Waals surface area contributed by atoms with E-state index in [9.17, 15) is 18.0 Å². The van der Waals surface area contributed by atoms with Crippen LogP contribution in [0.3, 0.4) is 0 Å². The summed E-state index contributed by atoms with van der Waals surface area (Å²) in [5, 5.41) is 11.0. The van der Waals surface area contributed by atoms with Gasteiger partial charge in [0.2, 0.25) is 5.91 Å². The van der Waals surface area contributed by atoms with Gasteiger partial charge < -0.3 is 10.4 Å². The van der Waals surface area contributed by atoms with Gasteiger partial charge in [-0.25, -0.2) is 13.2 Å². The summed E-state index contributed by atoms with van der Waals surface area (Å²) in [7, 11) is -3.23. The third kappa shape index (κ3) is 5.11. The Morgan fingerprint density at radius 1 is 1.30 bits per heavy atom. The molecule has 0 aromatic heterocycles. The molecule has 20 heavy (non-hydrogen) atoms. The smallest absolute Gasteiger partial charge is 0.326 e. The molecule has 1 rings (SSSR count). The third-order valence-electron chi connectivity index (χ3n) is 3.63. The molecular formula is C13H23NO5S. The number of sulfone groups is 1. The molecule has 7 heteroatoms. The van der Waals surface area contributed by atoms with Crippen LogP contribution in [-0.2, 0) is 19.4 Å². The Bertz CT molecular complexity index is 440. The standard InChI is InChI=1S/C13H23NO5S/c1-2-5-11(13(16)17)14-12(15)8-9-20(18,19)10-6-3-4-7-10/h10-11H,2-9H2,1H3,(H,14,15)(H,16,17). The maximum absolute atomic E-state index is 12.0. The van der Waals surface area contributed by atoms with Crippen molar-refractivity contribution >= 4 is 21.7 Å². The second kappa shape index (κ2) is 7.61. The normalized spacial score (nSPS) is 17.9. The van der Waals surface area contributed by atoms with E-state index in [-0.39, 0.29) is 17.4 Å². The SMILES string of the molecule is CCCC(NC(=O)CCS(=O)(=O)C1CCCC1)C(=O)O. The molecule has 1 unspecified atom stereocenters. The van der Waals surface area contributed by atoms with Crippen LogP contribution >= 0.6 is 0 Å². The van der Waals surface area contributed by atoms with Gasteiger partial charge in [0.05, 0.1) is 11.0 Å². The zero-order chi connectivity index (χ0) is 15.2. The Morgan fingerprint density at radius 2 is 1.90 bits per heavy atom. The van der Waals surface area contributed by atoms with Crippen molar-refractivity contribution in [3.63, 3.8) is 0 Å². The monoisotopic (exact) mass is 305 g/mol. The topological polar surface area (TPSA) is 101 Å². The number of carboxylic acids is 1. The number of carbonyl (C=O) groups is 2. The molecule has 0 aliphatic heterocycles. The van der Waals surface area contributed by atoms with E-state index in [4.69, 9.17) is 5.11 Å². The molecule has 0 aromatic rings. The average Bonchev–Trinajstić information content (AvgIpc) is 2.90. The summed E-state index contributed by atoms with van der Waals surface area (Å²) in [5.41, 5.74) is 0. The largest absolute Gasteiger partial charge is 0.480 e. The van der Waals surface area contributed by atoms with Gasteiger partial charge in [-0.1, -0.05) is 26.2 Å². The molecule has 1 atom stereocenters. The molecule has 1 fully saturated rings. The van der Waals surface area contributed by atoms with Gasteiger partial charge in [-0.15, -0.1) is 0 Å². The average molecular weight is 305 g/mol. The van der Waals surface area contributed by atoms with E-state index in [1.165, 1.54) is 0 Å². The van der Waals surface area contributed by atoms with Crippen LogP contribution in [0.15, 0.2) is 0 Å². The summed E-state index contributed by atoms with van der Waals surface area (Å²) in [5.74, 6) is -1.78. The summed E-state index contributed by atoms with van der Waals surface area (Å²) < 4.78 is 24.0. The van der Waals surface area contributed by atoms with Crippen molar-refractivity contribution in [1.29, 1.82) is 0 Å².